The molecule has 0 amide bonds. The number of halogens is 1. The summed E-state index contributed by atoms with van der Waals surface area (Å²) in [5, 5.41) is 21.7. The van der Waals surface area contributed by atoms with Crippen LogP contribution in [0.2, 0.25) is 0 Å². The number of hydrogen-bond acceptors (Lipinski definition) is 6. The summed E-state index contributed by atoms with van der Waals surface area (Å²) in [5.41, 5.74) is -1.34. The van der Waals surface area contributed by atoms with Crippen molar-refractivity contribution in [1.82, 2.24) is 0 Å². The van der Waals surface area contributed by atoms with Crippen LogP contribution in [0, 0.1) is 22.7 Å². The van der Waals surface area contributed by atoms with Gasteiger partial charge in [0.15, 0.2) is 23.5 Å². The highest BCUT2D eigenvalue weighted by Crippen LogP contribution is 2.72. The zero-order chi connectivity index (χ0) is 23.1. The van der Waals surface area contributed by atoms with Gasteiger partial charge >= 0.3 is 0 Å². The van der Waals surface area contributed by atoms with Crippen LogP contribution in [0.25, 0.3) is 0 Å². The summed E-state index contributed by atoms with van der Waals surface area (Å²) in [6, 6.07) is 0. The van der Waals surface area contributed by atoms with E-state index in [4.69, 9.17) is 9.47 Å². The quantitative estimate of drug-likeness (QED) is 0.566. The van der Waals surface area contributed by atoms with E-state index in [1.807, 2.05) is 19.9 Å². The highest BCUT2D eigenvalue weighted by atomic mass is 79.9. The van der Waals surface area contributed by atoms with Crippen LogP contribution < -0.4 is 0 Å². The lowest BCUT2D eigenvalue weighted by atomic mass is 9.46. The lowest BCUT2D eigenvalue weighted by Crippen LogP contribution is -2.69. The third-order valence-electron chi connectivity index (χ3n) is 9.52. The van der Waals surface area contributed by atoms with Crippen LogP contribution in [0.5, 0.6) is 0 Å². The van der Waals surface area contributed by atoms with Crippen LogP contribution in [0.1, 0.15) is 59.3 Å². The molecule has 6 nitrogen and oxygen atoms in total. The van der Waals surface area contributed by atoms with Crippen LogP contribution in [-0.4, -0.2) is 56.8 Å². The summed E-state index contributed by atoms with van der Waals surface area (Å²) < 4.78 is 12.0. The second kappa shape index (κ2) is 7.32. The lowest BCUT2D eigenvalue weighted by molar-refractivity contribution is -0.195. The van der Waals surface area contributed by atoms with Crippen LogP contribution in [-0.2, 0) is 19.1 Å². The maximum atomic E-state index is 13.3. The first-order valence-electron chi connectivity index (χ1n) is 11.9. The third-order valence-corrected chi connectivity index (χ3v) is 11.5. The molecule has 176 valence electrons. The van der Waals surface area contributed by atoms with Gasteiger partial charge in [0.2, 0.25) is 0 Å². The summed E-state index contributed by atoms with van der Waals surface area (Å²) in [6.45, 7) is 5.60. The molecule has 5 aliphatic rings. The van der Waals surface area contributed by atoms with Crippen LogP contribution in [0.15, 0.2) is 23.8 Å². The lowest BCUT2D eigenvalue weighted by Gasteiger charge is -2.64. The summed E-state index contributed by atoms with van der Waals surface area (Å²) in [7, 11) is 0. The van der Waals surface area contributed by atoms with E-state index < -0.39 is 45.9 Å². The fourth-order valence-corrected chi connectivity index (χ4v) is 9.11. The molecule has 0 bridgehead atoms. The number of ether oxygens (including phenoxy) is 2. The smallest absolute Gasteiger partial charge is 0.193 e. The van der Waals surface area contributed by atoms with Gasteiger partial charge < -0.3 is 19.7 Å². The predicted octanol–water partition coefficient (Wildman–Crippen LogP) is 3.23. The fraction of sp³-hybridized carbons (Fsp3) is 0.760. The first kappa shape index (κ1) is 22.9. The van der Waals surface area contributed by atoms with Gasteiger partial charge in [0, 0.05) is 10.8 Å². The summed E-state index contributed by atoms with van der Waals surface area (Å²) >= 11 is 4.04. The molecule has 0 spiro atoms. The Morgan fingerprint density at radius 2 is 2.06 bits per heavy atom. The summed E-state index contributed by atoms with van der Waals surface area (Å²) in [5.74, 6) is -0.222. The molecule has 1 heterocycles. The van der Waals surface area contributed by atoms with E-state index in [0.29, 0.717) is 19.3 Å². The third kappa shape index (κ3) is 2.55. The van der Waals surface area contributed by atoms with Crippen molar-refractivity contribution in [1.29, 1.82) is 0 Å². The van der Waals surface area contributed by atoms with Gasteiger partial charge in [-0.05, 0) is 56.1 Å². The Labute approximate surface area is 197 Å². The van der Waals surface area contributed by atoms with Gasteiger partial charge in [-0.25, -0.2) is 0 Å². The van der Waals surface area contributed by atoms with E-state index in [1.165, 1.54) is 0 Å². The maximum absolute atomic E-state index is 13.3. The van der Waals surface area contributed by atoms with E-state index in [2.05, 4.69) is 22.9 Å². The van der Waals surface area contributed by atoms with Gasteiger partial charge in [0.1, 0.15) is 6.61 Å². The van der Waals surface area contributed by atoms with E-state index >= 15 is 0 Å². The van der Waals surface area contributed by atoms with Gasteiger partial charge in [-0.3, -0.25) is 9.59 Å². The number of allylic oxidation sites excluding steroid dienone is 4. The minimum atomic E-state index is -1.24. The second-order valence-corrected chi connectivity index (χ2v) is 12.1. The molecule has 5 rings (SSSR count). The average Bonchev–Trinajstić information content (AvgIpc) is 3.22. The molecule has 9 atom stereocenters. The minimum absolute atomic E-state index is 0.00572. The molecule has 0 radical (unpaired) electrons. The molecule has 3 saturated carbocycles. The molecule has 4 fully saturated rings. The van der Waals surface area contributed by atoms with Crippen LogP contribution in [0.3, 0.4) is 0 Å². The number of fused-ring (bicyclic) bond motifs is 7. The molecule has 0 aromatic carbocycles. The highest BCUT2D eigenvalue weighted by molar-refractivity contribution is 9.10. The van der Waals surface area contributed by atoms with E-state index in [-0.39, 0.29) is 23.4 Å². The monoisotopic (exact) mass is 508 g/mol. The van der Waals surface area contributed by atoms with Crippen molar-refractivity contribution >= 4 is 27.5 Å². The number of carbonyl (C=O) groups is 2. The van der Waals surface area contributed by atoms with Gasteiger partial charge in [0.25, 0.3) is 0 Å². The Balaban J connectivity index is 1.60. The van der Waals surface area contributed by atoms with Crippen molar-refractivity contribution in [3.8, 4) is 0 Å². The number of alkyl halides is 1. The van der Waals surface area contributed by atoms with Crippen molar-refractivity contribution in [2.75, 3.05) is 6.61 Å². The summed E-state index contributed by atoms with van der Waals surface area (Å²) in [6.07, 6.45) is 7.78. The summed E-state index contributed by atoms with van der Waals surface area (Å²) in [4.78, 5) is 25.4. The molecule has 4 aliphatic carbocycles. The van der Waals surface area contributed by atoms with Gasteiger partial charge in [-0.15, -0.1) is 0 Å². The first-order valence-corrected chi connectivity index (χ1v) is 12.7. The Bertz CT molecular complexity index is 914. The van der Waals surface area contributed by atoms with Gasteiger partial charge in [0.05, 0.1) is 16.5 Å². The number of hydrogen-bond donors (Lipinski definition) is 2. The second-order valence-electron chi connectivity index (χ2n) is 10.8. The van der Waals surface area contributed by atoms with Crippen molar-refractivity contribution in [3.05, 3.63) is 23.8 Å². The zero-order valence-corrected chi connectivity index (χ0v) is 20.6. The zero-order valence-electron chi connectivity index (χ0n) is 19.0. The van der Waals surface area contributed by atoms with Crippen molar-refractivity contribution in [2.24, 2.45) is 22.7 Å². The number of aliphatic hydroxyl groups is 2. The number of Topliss-reactive ketones (excluding diaryl/α,β-unsaturated/α-hetero) is 1. The Kier molecular flexibility index (Phi) is 5.24. The molecule has 0 aromatic heterocycles. The van der Waals surface area contributed by atoms with Crippen LogP contribution >= 0.6 is 15.9 Å². The molecule has 7 heteroatoms. The maximum Gasteiger partial charge on any atom is 0.193 e. The number of carbonyl (C=O) groups excluding carboxylic acids is 2. The molecular formula is C25H33BrO6. The number of aliphatic hydroxyl groups excluding tert-OH is 2. The molecule has 32 heavy (non-hydrogen) atoms. The van der Waals surface area contributed by atoms with E-state index in [0.717, 1.165) is 24.8 Å². The molecule has 9 unspecified atom stereocenters. The molecule has 2 N–H and O–H groups in total. The molecular weight excluding hydrogens is 476 g/mol. The van der Waals surface area contributed by atoms with Crippen LogP contribution in [0.4, 0.5) is 0 Å². The standard InChI is InChI=1S/C25H33BrO6/c1-4-5-21-31-20-11-17-16-7-6-14-10-15(28)8-9-22(14,2)24(16,26)18(29)12-23(17,3)25(20,32-21)19(30)13-27/h8-10,16-18,20-21,27,29H,4-7,11-13H2,1-3H3. The SMILES string of the molecule is CCCC1OC2CC3C4CCC5=CC(=O)C=CC5(C)C4(Br)C(O)CC3(C)C2(C(=O)CO)O1. The topological polar surface area (TPSA) is 93.1 Å². The largest absolute Gasteiger partial charge is 0.392 e. The van der Waals surface area contributed by atoms with Crippen molar-refractivity contribution in [3.63, 3.8) is 0 Å². The Hall–Kier alpha value is -0.860. The minimum Gasteiger partial charge on any atom is -0.392 e. The Morgan fingerprint density at radius 3 is 2.75 bits per heavy atom. The van der Waals surface area contributed by atoms with Gasteiger partial charge in [-0.2, -0.15) is 0 Å². The normalized spacial score (nSPS) is 51.5. The van der Waals surface area contributed by atoms with Crippen molar-refractivity contribution < 1.29 is 29.3 Å². The van der Waals surface area contributed by atoms with Gasteiger partial charge in [-0.1, -0.05) is 54.8 Å². The van der Waals surface area contributed by atoms with Crippen molar-refractivity contribution in [2.45, 2.75) is 87.7 Å². The number of ketones is 2. The average molecular weight is 509 g/mol. The fourth-order valence-electron chi connectivity index (χ4n) is 8.01. The molecule has 1 aliphatic heterocycles. The highest BCUT2D eigenvalue weighted by Gasteiger charge is 2.78. The number of rotatable bonds is 4. The molecule has 0 aromatic rings. The Morgan fingerprint density at radius 1 is 1.31 bits per heavy atom. The predicted molar refractivity (Wildman–Crippen MR) is 121 cm³/mol. The first-order chi connectivity index (χ1) is 15.1. The van der Waals surface area contributed by atoms with E-state index in [1.54, 1.807) is 12.2 Å². The molecule has 1 saturated heterocycles. The van der Waals surface area contributed by atoms with E-state index in [9.17, 15) is 19.8 Å².